The summed E-state index contributed by atoms with van der Waals surface area (Å²) in [6.45, 7) is 1.18. The summed E-state index contributed by atoms with van der Waals surface area (Å²) in [5.74, 6) is -0.537. The van der Waals surface area contributed by atoms with Crippen LogP contribution in [0.3, 0.4) is 0 Å². The van der Waals surface area contributed by atoms with Crippen molar-refractivity contribution in [3.05, 3.63) is 28.2 Å². The SMILES string of the molecule is COCCCN=C1NC(=O)[C@@H](CC(=O)Nc2cc(Cl)ccc2Cl)S1. The second-order valence-electron chi connectivity index (χ2n) is 5.01. The van der Waals surface area contributed by atoms with Crippen LogP contribution in [0.15, 0.2) is 23.2 Å². The zero-order valence-electron chi connectivity index (χ0n) is 13.0. The molecule has 1 heterocycles. The van der Waals surface area contributed by atoms with Gasteiger partial charge in [0.1, 0.15) is 5.25 Å². The van der Waals surface area contributed by atoms with Crippen LogP contribution in [0, 0.1) is 0 Å². The van der Waals surface area contributed by atoms with Gasteiger partial charge in [-0.15, -0.1) is 0 Å². The van der Waals surface area contributed by atoms with Gasteiger partial charge in [-0.05, 0) is 24.6 Å². The summed E-state index contributed by atoms with van der Waals surface area (Å²) in [6.07, 6.45) is 0.797. The number of anilines is 1. The van der Waals surface area contributed by atoms with E-state index in [0.717, 1.165) is 6.42 Å². The number of hydrogen-bond acceptors (Lipinski definition) is 5. The Hall–Kier alpha value is -1.28. The fourth-order valence-corrected chi connectivity index (χ4v) is 3.30. The number of carbonyl (C=O) groups excluding carboxylic acids is 2. The zero-order chi connectivity index (χ0) is 17.5. The van der Waals surface area contributed by atoms with Crippen molar-refractivity contribution in [3.8, 4) is 0 Å². The minimum atomic E-state index is -0.510. The maximum Gasteiger partial charge on any atom is 0.240 e. The Morgan fingerprint density at radius 2 is 2.25 bits per heavy atom. The molecule has 1 aliphatic rings. The van der Waals surface area contributed by atoms with Crippen LogP contribution in [-0.2, 0) is 14.3 Å². The van der Waals surface area contributed by atoms with E-state index in [9.17, 15) is 9.59 Å². The molecular weight excluding hydrogens is 373 g/mol. The number of thioether (sulfide) groups is 1. The maximum atomic E-state index is 12.1. The number of carbonyl (C=O) groups is 2. The molecule has 1 atom stereocenters. The molecule has 130 valence electrons. The number of amidine groups is 1. The molecule has 1 aromatic carbocycles. The van der Waals surface area contributed by atoms with E-state index in [4.69, 9.17) is 27.9 Å². The van der Waals surface area contributed by atoms with Crippen molar-refractivity contribution >= 4 is 57.6 Å². The van der Waals surface area contributed by atoms with Gasteiger partial charge in [0.2, 0.25) is 11.8 Å². The summed E-state index contributed by atoms with van der Waals surface area (Å²) in [7, 11) is 1.63. The second-order valence-corrected chi connectivity index (χ2v) is 7.04. The Labute approximate surface area is 154 Å². The molecule has 24 heavy (non-hydrogen) atoms. The summed E-state index contributed by atoms with van der Waals surface area (Å²) in [6, 6.07) is 4.79. The summed E-state index contributed by atoms with van der Waals surface area (Å²) in [5, 5.41) is 6.22. The lowest BCUT2D eigenvalue weighted by Crippen LogP contribution is -2.28. The minimum absolute atomic E-state index is 0.0242. The van der Waals surface area contributed by atoms with Crippen molar-refractivity contribution in [3.63, 3.8) is 0 Å². The third-order valence-electron chi connectivity index (χ3n) is 3.11. The summed E-state index contributed by atoms with van der Waals surface area (Å²) < 4.78 is 4.94. The van der Waals surface area contributed by atoms with Crippen LogP contribution in [0.2, 0.25) is 10.0 Å². The fourth-order valence-electron chi connectivity index (χ4n) is 1.97. The molecule has 1 fully saturated rings. The molecule has 1 aromatic rings. The topological polar surface area (TPSA) is 79.8 Å². The highest BCUT2D eigenvalue weighted by molar-refractivity contribution is 8.15. The Morgan fingerprint density at radius 3 is 3.00 bits per heavy atom. The third kappa shape index (κ3) is 5.66. The number of amides is 2. The first-order valence-corrected chi connectivity index (χ1v) is 8.89. The number of aliphatic imine (C=N–C) groups is 1. The molecule has 6 nitrogen and oxygen atoms in total. The molecule has 0 unspecified atom stereocenters. The molecule has 9 heteroatoms. The maximum absolute atomic E-state index is 12.1. The monoisotopic (exact) mass is 389 g/mol. The summed E-state index contributed by atoms with van der Waals surface area (Å²) in [4.78, 5) is 28.3. The van der Waals surface area contributed by atoms with Crippen LogP contribution < -0.4 is 10.6 Å². The number of benzene rings is 1. The molecule has 0 saturated carbocycles. The van der Waals surface area contributed by atoms with Crippen molar-refractivity contribution in [1.29, 1.82) is 0 Å². The first-order chi connectivity index (χ1) is 11.5. The van der Waals surface area contributed by atoms with Gasteiger partial charge in [-0.1, -0.05) is 35.0 Å². The molecule has 2 rings (SSSR count). The quantitative estimate of drug-likeness (QED) is 0.702. The van der Waals surface area contributed by atoms with Crippen molar-refractivity contribution in [1.82, 2.24) is 5.32 Å². The van der Waals surface area contributed by atoms with Crippen LogP contribution in [-0.4, -0.2) is 42.5 Å². The highest BCUT2D eigenvalue weighted by Crippen LogP contribution is 2.27. The Balaban J connectivity index is 1.87. The molecule has 0 spiro atoms. The van der Waals surface area contributed by atoms with Gasteiger partial charge < -0.3 is 15.4 Å². The first kappa shape index (κ1) is 19.1. The van der Waals surface area contributed by atoms with Crippen molar-refractivity contribution < 1.29 is 14.3 Å². The van der Waals surface area contributed by atoms with Crippen LogP contribution >= 0.6 is 35.0 Å². The van der Waals surface area contributed by atoms with Gasteiger partial charge >= 0.3 is 0 Å². The lowest BCUT2D eigenvalue weighted by Gasteiger charge is -2.09. The lowest BCUT2D eigenvalue weighted by molar-refractivity contribution is -0.122. The number of rotatable bonds is 7. The number of hydrogen-bond donors (Lipinski definition) is 2. The van der Waals surface area contributed by atoms with Crippen LogP contribution in [0.25, 0.3) is 0 Å². The van der Waals surface area contributed by atoms with E-state index in [0.29, 0.717) is 34.1 Å². The van der Waals surface area contributed by atoms with Crippen LogP contribution in [0.1, 0.15) is 12.8 Å². The van der Waals surface area contributed by atoms with Gasteiger partial charge in [0.05, 0.1) is 10.7 Å². The minimum Gasteiger partial charge on any atom is -0.385 e. The summed E-state index contributed by atoms with van der Waals surface area (Å²) in [5.41, 5.74) is 0.422. The van der Waals surface area contributed by atoms with Gasteiger partial charge in [0.15, 0.2) is 5.17 Å². The Kier molecular flexibility index (Phi) is 7.36. The third-order valence-corrected chi connectivity index (χ3v) is 4.80. The predicted octanol–water partition coefficient (Wildman–Crippen LogP) is 2.95. The molecular formula is C15H17Cl2N3O3S. The average molecular weight is 390 g/mol. The highest BCUT2D eigenvalue weighted by Gasteiger charge is 2.32. The number of methoxy groups -OCH3 is 1. The van der Waals surface area contributed by atoms with Crippen molar-refractivity contribution in [2.75, 3.05) is 25.6 Å². The largest absolute Gasteiger partial charge is 0.385 e. The number of ether oxygens (including phenoxy) is 1. The van der Waals surface area contributed by atoms with Crippen LogP contribution in [0.5, 0.6) is 0 Å². The van der Waals surface area contributed by atoms with Gasteiger partial charge in [0, 0.05) is 31.7 Å². The highest BCUT2D eigenvalue weighted by atomic mass is 35.5. The normalized spacial score (nSPS) is 18.7. The fraction of sp³-hybridized carbons (Fsp3) is 0.400. The van der Waals surface area contributed by atoms with E-state index in [1.54, 1.807) is 25.3 Å². The number of halogens is 2. The van der Waals surface area contributed by atoms with E-state index in [-0.39, 0.29) is 18.2 Å². The average Bonchev–Trinajstić information content (AvgIpc) is 2.87. The van der Waals surface area contributed by atoms with E-state index in [1.165, 1.54) is 11.8 Å². The molecule has 2 N–H and O–H groups in total. The first-order valence-electron chi connectivity index (χ1n) is 7.25. The lowest BCUT2D eigenvalue weighted by atomic mass is 10.2. The van der Waals surface area contributed by atoms with Crippen molar-refractivity contribution in [2.45, 2.75) is 18.1 Å². The Bertz CT molecular complexity index is 655. The molecule has 1 aliphatic heterocycles. The smallest absolute Gasteiger partial charge is 0.240 e. The van der Waals surface area contributed by atoms with E-state index < -0.39 is 5.25 Å². The predicted molar refractivity (Wildman–Crippen MR) is 98.0 cm³/mol. The zero-order valence-corrected chi connectivity index (χ0v) is 15.3. The standard InChI is InChI=1S/C15H17Cl2N3O3S/c1-23-6-2-5-18-15-20-14(22)12(24-15)8-13(21)19-11-7-9(16)3-4-10(11)17/h3-4,7,12H,2,5-6,8H2,1H3,(H,19,21)(H,18,20,22)/t12-/m1/s1. The van der Waals surface area contributed by atoms with Gasteiger partial charge in [-0.2, -0.15) is 0 Å². The van der Waals surface area contributed by atoms with Crippen LogP contribution in [0.4, 0.5) is 5.69 Å². The molecule has 1 saturated heterocycles. The Morgan fingerprint density at radius 1 is 1.46 bits per heavy atom. The van der Waals surface area contributed by atoms with E-state index >= 15 is 0 Å². The van der Waals surface area contributed by atoms with Gasteiger partial charge in [-0.3, -0.25) is 14.6 Å². The second kappa shape index (κ2) is 9.27. The molecule has 0 aliphatic carbocycles. The van der Waals surface area contributed by atoms with E-state index in [2.05, 4.69) is 15.6 Å². The van der Waals surface area contributed by atoms with E-state index in [1.807, 2.05) is 0 Å². The van der Waals surface area contributed by atoms with Gasteiger partial charge in [-0.25, -0.2) is 0 Å². The van der Waals surface area contributed by atoms with Gasteiger partial charge in [0.25, 0.3) is 0 Å². The molecule has 0 aromatic heterocycles. The summed E-state index contributed by atoms with van der Waals surface area (Å²) >= 11 is 13.1. The molecule has 0 bridgehead atoms. The molecule has 2 amide bonds. The van der Waals surface area contributed by atoms with Crippen molar-refractivity contribution in [2.24, 2.45) is 4.99 Å². The molecule has 0 radical (unpaired) electrons. The number of nitrogens with one attached hydrogen (secondary N) is 2. The number of nitrogens with zero attached hydrogens (tertiary/aromatic N) is 1.